The predicted octanol–water partition coefficient (Wildman–Crippen LogP) is 3.59. The molecule has 1 atom stereocenters. The Morgan fingerprint density at radius 3 is 3.08 bits per heavy atom. The van der Waals surface area contributed by atoms with Crippen molar-refractivity contribution in [1.29, 1.82) is 0 Å². The summed E-state index contributed by atoms with van der Waals surface area (Å²) in [6.07, 6.45) is 5.76. The Morgan fingerprint density at radius 1 is 1.32 bits per heavy atom. The molecule has 0 radical (unpaired) electrons. The monoisotopic (exact) mass is 335 g/mol. The molecule has 1 aromatic carbocycles. The lowest BCUT2D eigenvalue weighted by molar-refractivity contribution is 0.0706. The fraction of sp³-hybridized carbons (Fsp3) is 0.300. The van der Waals surface area contributed by atoms with Gasteiger partial charge >= 0.3 is 0 Å². The number of carbonyl (C=O) groups is 1. The molecule has 5 nitrogen and oxygen atoms in total. The highest BCUT2D eigenvalue weighted by atomic mass is 16.5. The number of amides is 1. The van der Waals surface area contributed by atoms with Crippen LogP contribution in [0.1, 0.15) is 34.8 Å². The van der Waals surface area contributed by atoms with E-state index in [1.807, 2.05) is 35.4 Å². The second-order valence-electron chi connectivity index (χ2n) is 6.51. The van der Waals surface area contributed by atoms with Gasteiger partial charge in [0.15, 0.2) is 0 Å². The third kappa shape index (κ3) is 3.09. The maximum atomic E-state index is 12.9. The minimum atomic E-state index is 0.0707. The van der Waals surface area contributed by atoms with Crippen molar-refractivity contribution in [2.75, 3.05) is 20.2 Å². The molecule has 3 heterocycles. The van der Waals surface area contributed by atoms with E-state index in [0.717, 1.165) is 36.8 Å². The van der Waals surface area contributed by atoms with Gasteiger partial charge in [-0.15, -0.1) is 0 Å². The van der Waals surface area contributed by atoms with E-state index in [1.54, 1.807) is 19.4 Å². The topological polar surface area (TPSA) is 58.2 Å². The first kappa shape index (κ1) is 15.7. The molecule has 5 heteroatoms. The SMILES string of the molecule is COc1cccc(C(=O)N2CCCC(c3cc4cnccc4[nH]3)C2)c1. The van der Waals surface area contributed by atoms with E-state index in [9.17, 15) is 4.79 Å². The van der Waals surface area contributed by atoms with Crippen molar-refractivity contribution in [3.8, 4) is 5.75 Å². The number of nitrogens with one attached hydrogen (secondary N) is 1. The third-order valence-electron chi connectivity index (χ3n) is 4.91. The Morgan fingerprint density at radius 2 is 2.24 bits per heavy atom. The Kier molecular flexibility index (Phi) is 4.14. The molecule has 3 aromatic rings. The van der Waals surface area contributed by atoms with E-state index in [1.165, 1.54) is 5.69 Å². The van der Waals surface area contributed by atoms with Gasteiger partial charge in [0.2, 0.25) is 0 Å². The number of carbonyl (C=O) groups excluding carboxylic acids is 1. The Labute approximate surface area is 146 Å². The molecule has 0 bridgehead atoms. The van der Waals surface area contributed by atoms with E-state index in [2.05, 4.69) is 16.0 Å². The molecule has 4 rings (SSSR count). The van der Waals surface area contributed by atoms with Crippen LogP contribution >= 0.6 is 0 Å². The van der Waals surface area contributed by atoms with Crippen LogP contribution in [0.2, 0.25) is 0 Å². The Balaban J connectivity index is 1.54. The zero-order valence-electron chi connectivity index (χ0n) is 14.2. The predicted molar refractivity (Wildman–Crippen MR) is 97.0 cm³/mol. The van der Waals surface area contributed by atoms with Crippen molar-refractivity contribution in [3.05, 3.63) is 60.0 Å². The number of rotatable bonds is 3. The summed E-state index contributed by atoms with van der Waals surface area (Å²) >= 11 is 0. The molecule has 1 fully saturated rings. The minimum Gasteiger partial charge on any atom is -0.497 e. The maximum absolute atomic E-state index is 12.9. The first-order valence-corrected chi connectivity index (χ1v) is 8.60. The summed E-state index contributed by atoms with van der Waals surface area (Å²) < 4.78 is 5.23. The molecule has 0 saturated carbocycles. The Hall–Kier alpha value is -2.82. The van der Waals surface area contributed by atoms with E-state index in [-0.39, 0.29) is 5.91 Å². The van der Waals surface area contributed by atoms with Crippen molar-refractivity contribution in [2.45, 2.75) is 18.8 Å². The summed E-state index contributed by atoms with van der Waals surface area (Å²) in [4.78, 5) is 22.5. The lowest BCUT2D eigenvalue weighted by Gasteiger charge is -2.32. The number of aromatic nitrogens is 2. The summed E-state index contributed by atoms with van der Waals surface area (Å²) in [6.45, 7) is 1.53. The van der Waals surface area contributed by atoms with Crippen LogP contribution in [-0.2, 0) is 0 Å². The largest absolute Gasteiger partial charge is 0.497 e. The van der Waals surface area contributed by atoms with Crippen molar-refractivity contribution < 1.29 is 9.53 Å². The smallest absolute Gasteiger partial charge is 0.254 e. The molecule has 0 spiro atoms. The van der Waals surface area contributed by atoms with Crippen molar-refractivity contribution in [3.63, 3.8) is 0 Å². The highest BCUT2D eigenvalue weighted by molar-refractivity contribution is 5.94. The molecular formula is C20H21N3O2. The molecule has 0 aliphatic carbocycles. The Bertz CT molecular complexity index is 870. The van der Waals surface area contributed by atoms with E-state index >= 15 is 0 Å². The van der Waals surface area contributed by atoms with Gasteiger partial charge < -0.3 is 14.6 Å². The van der Waals surface area contributed by atoms with Gasteiger partial charge in [0, 0.05) is 53.6 Å². The number of hydrogen-bond acceptors (Lipinski definition) is 3. The number of H-pyrrole nitrogens is 1. The summed E-state index contributed by atoms with van der Waals surface area (Å²) in [5.74, 6) is 1.11. The number of ether oxygens (including phenoxy) is 1. The molecule has 2 aromatic heterocycles. The van der Waals surface area contributed by atoms with Gasteiger partial charge in [-0.3, -0.25) is 9.78 Å². The van der Waals surface area contributed by atoms with Crippen molar-refractivity contribution in [2.24, 2.45) is 0 Å². The minimum absolute atomic E-state index is 0.0707. The molecular weight excluding hydrogens is 314 g/mol. The number of likely N-dealkylation sites (tertiary alicyclic amines) is 1. The number of hydrogen-bond donors (Lipinski definition) is 1. The average molecular weight is 335 g/mol. The summed E-state index contributed by atoms with van der Waals surface area (Å²) in [5.41, 5.74) is 2.97. The van der Waals surface area contributed by atoms with Crippen LogP contribution < -0.4 is 4.74 Å². The van der Waals surface area contributed by atoms with E-state index in [0.29, 0.717) is 17.2 Å². The second-order valence-corrected chi connectivity index (χ2v) is 6.51. The van der Waals surface area contributed by atoms with Gasteiger partial charge in [-0.25, -0.2) is 0 Å². The molecule has 1 amide bonds. The molecule has 1 N–H and O–H groups in total. The first-order valence-electron chi connectivity index (χ1n) is 8.60. The first-order chi connectivity index (χ1) is 12.2. The van der Waals surface area contributed by atoms with Gasteiger partial charge in [0.1, 0.15) is 5.75 Å². The number of benzene rings is 1. The molecule has 128 valence electrons. The number of nitrogens with zero attached hydrogens (tertiary/aromatic N) is 2. The van der Waals surface area contributed by atoms with Gasteiger partial charge in [0.05, 0.1) is 7.11 Å². The molecule has 1 saturated heterocycles. The van der Waals surface area contributed by atoms with Crippen LogP contribution in [0.25, 0.3) is 10.9 Å². The molecule has 1 aliphatic heterocycles. The lowest BCUT2D eigenvalue weighted by Crippen LogP contribution is -2.39. The van der Waals surface area contributed by atoms with Gasteiger partial charge in [-0.2, -0.15) is 0 Å². The fourth-order valence-corrected chi connectivity index (χ4v) is 3.57. The number of aromatic amines is 1. The quantitative estimate of drug-likeness (QED) is 0.796. The van der Waals surface area contributed by atoms with Gasteiger partial charge in [-0.1, -0.05) is 6.07 Å². The zero-order chi connectivity index (χ0) is 17.2. The van der Waals surface area contributed by atoms with Crippen LogP contribution in [0.3, 0.4) is 0 Å². The normalized spacial score (nSPS) is 17.6. The van der Waals surface area contributed by atoms with Crippen LogP contribution in [0.15, 0.2) is 48.8 Å². The molecule has 25 heavy (non-hydrogen) atoms. The molecule has 1 unspecified atom stereocenters. The van der Waals surface area contributed by atoms with E-state index in [4.69, 9.17) is 4.74 Å². The zero-order valence-corrected chi connectivity index (χ0v) is 14.2. The lowest BCUT2D eigenvalue weighted by atomic mass is 9.94. The number of piperidine rings is 1. The standard InChI is InChI=1S/C20H21N3O2/c1-25-17-6-2-4-14(10-17)20(24)23-9-3-5-15(13-23)19-11-16-12-21-8-7-18(16)22-19/h2,4,6-8,10-12,15,22H,3,5,9,13H2,1H3. The number of methoxy groups -OCH3 is 1. The highest BCUT2D eigenvalue weighted by Gasteiger charge is 2.26. The highest BCUT2D eigenvalue weighted by Crippen LogP contribution is 2.29. The third-order valence-corrected chi connectivity index (χ3v) is 4.91. The maximum Gasteiger partial charge on any atom is 0.254 e. The van der Waals surface area contributed by atoms with Crippen LogP contribution in [-0.4, -0.2) is 41.0 Å². The average Bonchev–Trinajstić information content (AvgIpc) is 3.12. The number of pyridine rings is 1. The van der Waals surface area contributed by atoms with Gasteiger partial charge in [0.25, 0.3) is 5.91 Å². The van der Waals surface area contributed by atoms with Crippen molar-refractivity contribution >= 4 is 16.8 Å². The van der Waals surface area contributed by atoms with E-state index < -0.39 is 0 Å². The van der Waals surface area contributed by atoms with Crippen LogP contribution in [0, 0.1) is 0 Å². The second kappa shape index (κ2) is 6.59. The van der Waals surface area contributed by atoms with Crippen LogP contribution in [0.4, 0.5) is 0 Å². The van der Waals surface area contributed by atoms with Gasteiger partial charge in [-0.05, 0) is 43.2 Å². The number of fused-ring (bicyclic) bond motifs is 1. The van der Waals surface area contributed by atoms with Crippen LogP contribution in [0.5, 0.6) is 5.75 Å². The fourth-order valence-electron chi connectivity index (χ4n) is 3.57. The summed E-state index contributed by atoms with van der Waals surface area (Å²) in [6, 6.07) is 11.5. The summed E-state index contributed by atoms with van der Waals surface area (Å²) in [5, 5.41) is 1.12. The summed E-state index contributed by atoms with van der Waals surface area (Å²) in [7, 11) is 1.62. The molecule has 1 aliphatic rings. The van der Waals surface area contributed by atoms with Crippen molar-refractivity contribution in [1.82, 2.24) is 14.9 Å².